The summed E-state index contributed by atoms with van der Waals surface area (Å²) in [6.45, 7) is 8.03. The highest BCUT2D eigenvalue weighted by atomic mass is 16.5. The maximum absolute atomic E-state index is 14.7. The fraction of sp³-hybridized carbons (Fsp3) is 0.467. The average molecular weight is 840 g/mol. The third-order valence-electron chi connectivity index (χ3n) is 10.5. The molecule has 1 heterocycles. The number of likely N-dealkylation sites (N-methyl/N-ethyl adjacent to an activating group) is 1. The predicted octanol–water partition coefficient (Wildman–Crippen LogP) is 2.21. The normalized spacial score (nSPS) is 16.8. The lowest BCUT2D eigenvalue weighted by molar-refractivity contribution is -0.141. The number of nitriles is 1. The molecular weight excluding hydrogens is 779 g/mol. The topological polar surface area (TPSA) is 257 Å². The number of hydrogen-bond donors (Lipinski definition) is 7. The molecule has 1 aliphatic heterocycles. The highest BCUT2D eigenvalue weighted by molar-refractivity contribution is 6.01. The molecular formula is C45H61N9O7. The Bertz CT molecular complexity index is 2060. The molecule has 4 bridgehead atoms. The fourth-order valence-corrected chi connectivity index (χ4v) is 7.45. The molecule has 16 nitrogen and oxygen atoms in total. The van der Waals surface area contributed by atoms with Crippen LogP contribution in [-0.2, 0) is 32.0 Å². The number of ether oxygens (including phenoxy) is 2. The maximum atomic E-state index is 14.7. The minimum atomic E-state index is -1.35. The van der Waals surface area contributed by atoms with E-state index in [1.165, 1.54) is 18.9 Å². The van der Waals surface area contributed by atoms with Gasteiger partial charge in [-0.05, 0) is 105 Å². The van der Waals surface area contributed by atoms with Crippen LogP contribution in [0.2, 0.25) is 0 Å². The van der Waals surface area contributed by atoms with Crippen molar-refractivity contribution in [3.63, 3.8) is 0 Å². The molecule has 0 fully saturated rings. The number of nitrogens with two attached hydrogens (primary N) is 3. The number of nitrogens with zero attached hydrogens (tertiary/aromatic N) is 2. The molecule has 0 aromatic heterocycles. The Morgan fingerprint density at radius 1 is 0.902 bits per heavy atom. The van der Waals surface area contributed by atoms with Gasteiger partial charge in [0.25, 0.3) is 5.91 Å². The Hall–Kier alpha value is -6.02. The Morgan fingerprint density at radius 3 is 2.15 bits per heavy atom. The number of hydrogen-bond acceptors (Lipinski definition) is 11. The van der Waals surface area contributed by atoms with Crippen molar-refractivity contribution in [3.05, 3.63) is 81.9 Å². The summed E-state index contributed by atoms with van der Waals surface area (Å²) in [5.41, 5.74) is 22.7. The van der Waals surface area contributed by atoms with E-state index < -0.39 is 53.7 Å². The van der Waals surface area contributed by atoms with E-state index in [0.717, 1.165) is 36.0 Å². The summed E-state index contributed by atoms with van der Waals surface area (Å²) in [5, 5.41) is 20.1. The van der Waals surface area contributed by atoms with E-state index in [4.69, 9.17) is 31.9 Å². The van der Waals surface area contributed by atoms with Gasteiger partial charge in [-0.15, -0.1) is 0 Å². The SMILES string of the molecule is CCCCc1cc(C)c(C(=O)N[C@@H](CCCN)C(=O)N(C)[C@@H]2C(=O)N[C@@H](C)C(=O)N[C@H](C(=O)NCC#N)Cc3ccc(OCCN)c(c3)-c3cc2ccc3OCCN)c(C)c1. The molecule has 328 valence electrons. The van der Waals surface area contributed by atoms with E-state index in [-0.39, 0.29) is 52.2 Å². The quantitative estimate of drug-likeness (QED) is 0.0915. The van der Waals surface area contributed by atoms with E-state index in [1.807, 2.05) is 32.0 Å². The van der Waals surface area contributed by atoms with Gasteiger partial charge in [-0.25, -0.2) is 0 Å². The molecule has 16 heteroatoms. The average Bonchev–Trinajstić information content (AvgIpc) is 3.24. The molecule has 4 rings (SSSR count). The van der Waals surface area contributed by atoms with Crippen molar-refractivity contribution in [2.75, 3.05) is 46.4 Å². The van der Waals surface area contributed by atoms with Crippen LogP contribution in [0, 0.1) is 25.2 Å². The zero-order valence-electron chi connectivity index (χ0n) is 35.9. The summed E-state index contributed by atoms with van der Waals surface area (Å²) in [6, 6.07) is 11.4. The van der Waals surface area contributed by atoms with Gasteiger partial charge in [0.2, 0.25) is 23.6 Å². The number of fused-ring (bicyclic) bond motifs is 5. The lowest BCUT2D eigenvalue weighted by Crippen LogP contribution is -2.56. The van der Waals surface area contributed by atoms with Crippen molar-refractivity contribution in [2.24, 2.45) is 17.2 Å². The third-order valence-corrected chi connectivity index (χ3v) is 10.5. The first-order valence-corrected chi connectivity index (χ1v) is 20.8. The van der Waals surface area contributed by atoms with Gasteiger partial charge in [0.15, 0.2) is 0 Å². The van der Waals surface area contributed by atoms with Crippen LogP contribution >= 0.6 is 0 Å². The Kier molecular flexibility index (Phi) is 18.1. The molecule has 10 N–H and O–H groups in total. The van der Waals surface area contributed by atoms with E-state index in [9.17, 15) is 24.0 Å². The van der Waals surface area contributed by atoms with Crippen molar-refractivity contribution in [1.82, 2.24) is 26.2 Å². The van der Waals surface area contributed by atoms with Gasteiger partial charge in [-0.3, -0.25) is 24.0 Å². The number of carbonyl (C=O) groups is 5. The molecule has 0 unspecified atom stereocenters. The molecule has 0 saturated heterocycles. The Balaban J connectivity index is 1.87. The van der Waals surface area contributed by atoms with Gasteiger partial charge in [0.1, 0.15) is 55.4 Å². The van der Waals surface area contributed by atoms with E-state index >= 15 is 0 Å². The Labute approximate surface area is 358 Å². The van der Waals surface area contributed by atoms with E-state index in [1.54, 1.807) is 36.4 Å². The summed E-state index contributed by atoms with van der Waals surface area (Å²) < 4.78 is 12.2. The number of aryl methyl sites for hydroxylation is 3. The standard InChI is InChI=1S/C45H61N9O7/c1-6-7-9-30-22-27(2)39(28(3)23-30)43(57)52-35(10-8-15-46)45(59)54(5)40-32-12-14-38(61-21-18-49)34(26-32)33-24-31(11-13-37(33)60-20-17-48)25-36(42(56)50-19-16-47)53-41(55)29(4)51-44(40)58/h11-14,22-24,26,29,35-36,40H,6-10,15,17-21,25,46,48-49H2,1-5H3,(H,50,56)(H,51,58)(H,52,57)(H,53,55)/t29-,35-,36-,40-/m0/s1. The zero-order valence-corrected chi connectivity index (χ0v) is 35.9. The number of benzene rings is 3. The van der Waals surface area contributed by atoms with Crippen LogP contribution in [0.3, 0.4) is 0 Å². The summed E-state index contributed by atoms with van der Waals surface area (Å²) in [6.07, 6.45) is 3.55. The molecule has 61 heavy (non-hydrogen) atoms. The monoisotopic (exact) mass is 839 g/mol. The van der Waals surface area contributed by atoms with Gasteiger partial charge < -0.3 is 52.8 Å². The first-order valence-electron chi connectivity index (χ1n) is 20.8. The number of unbranched alkanes of at least 4 members (excludes halogenated alkanes) is 1. The molecule has 0 saturated carbocycles. The molecule has 3 aromatic rings. The fourth-order valence-electron chi connectivity index (χ4n) is 7.45. The number of amides is 5. The summed E-state index contributed by atoms with van der Waals surface area (Å²) in [7, 11) is 1.46. The van der Waals surface area contributed by atoms with Crippen LogP contribution in [-0.4, -0.2) is 99.0 Å². The summed E-state index contributed by atoms with van der Waals surface area (Å²) in [5.74, 6) is -2.18. The van der Waals surface area contributed by atoms with Crippen molar-refractivity contribution in [1.29, 1.82) is 5.26 Å². The molecule has 5 amide bonds. The third kappa shape index (κ3) is 12.5. The highest BCUT2D eigenvalue weighted by Gasteiger charge is 2.36. The van der Waals surface area contributed by atoms with E-state index in [2.05, 4.69) is 28.2 Å². The summed E-state index contributed by atoms with van der Waals surface area (Å²) >= 11 is 0. The van der Waals surface area contributed by atoms with Gasteiger partial charge in [-0.1, -0.05) is 37.6 Å². The highest BCUT2D eigenvalue weighted by Crippen LogP contribution is 2.40. The largest absolute Gasteiger partial charge is 0.492 e. The Morgan fingerprint density at radius 2 is 1.54 bits per heavy atom. The van der Waals surface area contributed by atoms with Crippen LogP contribution in [0.1, 0.15) is 83.7 Å². The van der Waals surface area contributed by atoms with Gasteiger partial charge in [-0.2, -0.15) is 5.26 Å². The first kappa shape index (κ1) is 47.7. The number of nitrogens with one attached hydrogen (secondary N) is 4. The minimum absolute atomic E-state index is 0.0182. The molecule has 0 aliphatic carbocycles. The second-order valence-electron chi connectivity index (χ2n) is 15.2. The van der Waals surface area contributed by atoms with Gasteiger partial charge in [0, 0.05) is 43.2 Å². The van der Waals surface area contributed by atoms with Crippen LogP contribution in [0.4, 0.5) is 0 Å². The van der Waals surface area contributed by atoms with Crippen LogP contribution < -0.4 is 47.9 Å². The van der Waals surface area contributed by atoms with Crippen molar-refractivity contribution < 1.29 is 33.4 Å². The second-order valence-corrected chi connectivity index (χ2v) is 15.2. The van der Waals surface area contributed by atoms with E-state index in [0.29, 0.717) is 45.7 Å². The molecule has 0 radical (unpaired) electrons. The molecule has 4 atom stereocenters. The van der Waals surface area contributed by atoms with Crippen molar-refractivity contribution >= 4 is 29.5 Å². The summed E-state index contributed by atoms with van der Waals surface area (Å²) in [4.78, 5) is 71.6. The number of rotatable bonds is 18. The first-order chi connectivity index (χ1) is 29.3. The molecule has 0 spiro atoms. The van der Waals surface area contributed by atoms with Gasteiger partial charge >= 0.3 is 0 Å². The zero-order chi connectivity index (χ0) is 44.6. The second kappa shape index (κ2) is 23.1. The van der Waals surface area contributed by atoms with Crippen molar-refractivity contribution in [3.8, 4) is 28.7 Å². The van der Waals surface area contributed by atoms with Crippen LogP contribution in [0.25, 0.3) is 11.1 Å². The number of carbonyl (C=O) groups excluding carboxylic acids is 5. The lowest BCUT2D eigenvalue weighted by atomic mass is 9.93. The van der Waals surface area contributed by atoms with Crippen LogP contribution in [0.5, 0.6) is 11.5 Å². The van der Waals surface area contributed by atoms with Gasteiger partial charge in [0.05, 0.1) is 6.07 Å². The minimum Gasteiger partial charge on any atom is -0.492 e. The van der Waals surface area contributed by atoms with Crippen molar-refractivity contribution in [2.45, 2.75) is 90.4 Å². The maximum Gasteiger partial charge on any atom is 0.252 e. The van der Waals surface area contributed by atoms with Crippen LogP contribution in [0.15, 0.2) is 48.5 Å². The molecule has 3 aromatic carbocycles. The lowest BCUT2D eigenvalue weighted by Gasteiger charge is -2.33. The predicted molar refractivity (Wildman–Crippen MR) is 232 cm³/mol. The smallest absolute Gasteiger partial charge is 0.252 e. The molecule has 1 aliphatic rings.